The van der Waals surface area contributed by atoms with E-state index in [4.69, 9.17) is 21.4 Å². The summed E-state index contributed by atoms with van der Waals surface area (Å²) in [7, 11) is 0. The van der Waals surface area contributed by atoms with E-state index >= 15 is 0 Å². The molecule has 1 aliphatic heterocycles. The number of ether oxygens (including phenoxy) is 1. The first-order valence-electron chi connectivity index (χ1n) is 8.97. The molecule has 0 radical (unpaired) electrons. The minimum Gasteiger partial charge on any atom is -0.492 e. The first-order chi connectivity index (χ1) is 13.0. The number of carbonyl (C=O) groups is 2. The number of carboxylic acid groups (broad SMARTS) is 1. The van der Waals surface area contributed by atoms with Crippen molar-refractivity contribution < 1.29 is 19.4 Å². The maximum atomic E-state index is 12.4. The quantitative estimate of drug-likeness (QED) is 0.732. The van der Waals surface area contributed by atoms with Crippen molar-refractivity contribution in [3.63, 3.8) is 0 Å². The number of hydrogen-bond acceptors (Lipinski definition) is 4. The van der Waals surface area contributed by atoms with E-state index in [2.05, 4.69) is 5.10 Å². The van der Waals surface area contributed by atoms with Gasteiger partial charge in [-0.3, -0.25) is 9.48 Å². The summed E-state index contributed by atoms with van der Waals surface area (Å²) in [6.07, 6.45) is 5.51. The van der Waals surface area contributed by atoms with E-state index in [0.29, 0.717) is 43.3 Å². The molecule has 8 heteroatoms. The molecule has 0 saturated carbocycles. The number of likely N-dealkylation sites (tertiary alicyclic amines) is 1. The number of hydrogen-bond donors (Lipinski definition) is 1. The van der Waals surface area contributed by atoms with Crippen LogP contribution >= 0.6 is 11.6 Å². The Hall–Kier alpha value is -2.54. The molecule has 0 bridgehead atoms. The summed E-state index contributed by atoms with van der Waals surface area (Å²) in [5.41, 5.74) is 0.187. The van der Waals surface area contributed by atoms with Crippen LogP contribution in [0.1, 0.15) is 42.1 Å². The predicted molar refractivity (Wildman–Crippen MR) is 100 cm³/mol. The monoisotopic (exact) mass is 391 g/mol. The Bertz CT molecular complexity index is 800. The highest BCUT2D eigenvalue weighted by atomic mass is 35.5. The number of halogens is 1. The molecule has 1 aromatic carbocycles. The molecule has 144 valence electrons. The van der Waals surface area contributed by atoms with Crippen LogP contribution in [0, 0.1) is 0 Å². The standard InChI is InChI=1S/C19H22ClN3O4/c20-16-4-1-2-5-17(16)27-11-3-6-18(24)22-9-7-15(8-10-22)23-13-14(12-21-23)19(25)26/h1-2,4-5,12-13,15H,3,6-11H2,(H,25,26). The third-order valence-corrected chi connectivity index (χ3v) is 4.98. The second-order valence-electron chi connectivity index (χ2n) is 6.51. The molecule has 2 heterocycles. The molecule has 0 aliphatic carbocycles. The van der Waals surface area contributed by atoms with Crippen molar-refractivity contribution in [3.8, 4) is 5.75 Å². The van der Waals surface area contributed by atoms with Crippen molar-refractivity contribution in [3.05, 3.63) is 47.2 Å². The average Bonchev–Trinajstić information content (AvgIpc) is 3.17. The normalized spacial score (nSPS) is 14.9. The Balaban J connectivity index is 1.39. The van der Waals surface area contributed by atoms with Gasteiger partial charge in [0.2, 0.25) is 5.91 Å². The fraction of sp³-hybridized carbons (Fsp3) is 0.421. The molecular formula is C19H22ClN3O4. The first-order valence-corrected chi connectivity index (χ1v) is 9.35. The minimum atomic E-state index is -0.979. The van der Waals surface area contributed by atoms with Crippen molar-refractivity contribution in [1.82, 2.24) is 14.7 Å². The summed E-state index contributed by atoms with van der Waals surface area (Å²) < 4.78 is 7.31. The summed E-state index contributed by atoms with van der Waals surface area (Å²) in [6.45, 7) is 1.74. The van der Waals surface area contributed by atoms with Gasteiger partial charge < -0.3 is 14.7 Å². The first kappa shape index (κ1) is 19.2. The second kappa shape index (κ2) is 8.90. The van der Waals surface area contributed by atoms with Gasteiger partial charge in [0.1, 0.15) is 5.75 Å². The zero-order chi connectivity index (χ0) is 19.2. The lowest BCUT2D eigenvalue weighted by Crippen LogP contribution is -2.39. The Morgan fingerprint density at radius 3 is 2.67 bits per heavy atom. The van der Waals surface area contributed by atoms with Crippen LogP contribution in [-0.4, -0.2) is 51.4 Å². The Kier molecular flexibility index (Phi) is 6.34. The number of aromatic nitrogens is 2. The van der Waals surface area contributed by atoms with Crippen LogP contribution in [0.25, 0.3) is 0 Å². The van der Waals surface area contributed by atoms with Gasteiger partial charge in [-0.2, -0.15) is 5.10 Å². The zero-order valence-electron chi connectivity index (χ0n) is 14.9. The summed E-state index contributed by atoms with van der Waals surface area (Å²) in [4.78, 5) is 25.2. The number of rotatable bonds is 7. The highest BCUT2D eigenvalue weighted by Gasteiger charge is 2.24. The highest BCUT2D eigenvalue weighted by molar-refractivity contribution is 6.32. The number of nitrogens with zero attached hydrogens (tertiary/aromatic N) is 3. The third-order valence-electron chi connectivity index (χ3n) is 4.67. The van der Waals surface area contributed by atoms with Gasteiger partial charge in [-0.25, -0.2) is 4.79 Å². The predicted octanol–water partition coefficient (Wildman–Crippen LogP) is 3.26. The van der Waals surface area contributed by atoms with Crippen LogP contribution in [0.2, 0.25) is 5.02 Å². The number of carbonyl (C=O) groups excluding carboxylic acids is 1. The number of aromatic carboxylic acids is 1. The van der Waals surface area contributed by atoms with Gasteiger partial charge in [0.15, 0.2) is 0 Å². The van der Waals surface area contributed by atoms with Gasteiger partial charge in [-0.05, 0) is 31.4 Å². The van der Waals surface area contributed by atoms with E-state index in [1.807, 2.05) is 17.0 Å². The van der Waals surface area contributed by atoms with Crippen LogP contribution in [-0.2, 0) is 4.79 Å². The molecular weight excluding hydrogens is 370 g/mol. The van der Waals surface area contributed by atoms with Gasteiger partial charge in [-0.1, -0.05) is 23.7 Å². The van der Waals surface area contributed by atoms with Gasteiger partial charge in [0.25, 0.3) is 0 Å². The summed E-state index contributed by atoms with van der Waals surface area (Å²) in [6, 6.07) is 7.40. The minimum absolute atomic E-state index is 0.114. The Labute approximate surface area is 162 Å². The van der Waals surface area contributed by atoms with E-state index in [1.54, 1.807) is 23.0 Å². The second-order valence-corrected chi connectivity index (χ2v) is 6.92. The molecule has 3 rings (SSSR count). The van der Waals surface area contributed by atoms with Crippen LogP contribution in [0.5, 0.6) is 5.75 Å². The van der Waals surface area contributed by atoms with E-state index in [0.717, 1.165) is 12.8 Å². The summed E-state index contributed by atoms with van der Waals surface area (Å²) in [5.74, 6) is -0.233. The Morgan fingerprint density at radius 1 is 1.26 bits per heavy atom. The maximum Gasteiger partial charge on any atom is 0.338 e. The zero-order valence-corrected chi connectivity index (χ0v) is 15.6. The maximum absolute atomic E-state index is 12.4. The van der Waals surface area contributed by atoms with Gasteiger partial charge in [0, 0.05) is 25.7 Å². The van der Waals surface area contributed by atoms with Gasteiger partial charge >= 0.3 is 5.97 Å². The van der Waals surface area contributed by atoms with Crippen molar-refractivity contribution >= 4 is 23.5 Å². The number of amides is 1. The average molecular weight is 392 g/mol. The molecule has 0 unspecified atom stereocenters. The highest BCUT2D eigenvalue weighted by Crippen LogP contribution is 2.24. The van der Waals surface area contributed by atoms with Crippen molar-refractivity contribution in [2.24, 2.45) is 0 Å². The molecule has 0 spiro atoms. The molecule has 1 aromatic heterocycles. The molecule has 2 aromatic rings. The SMILES string of the molecule is O=C(O)c1cnn(C2CCN(C(=O)CCCOc3ccccc3Cl)CC2)c1. The van der Waals surface area contributed by atoms with Crippen LogP contribution in [0.4, 0.5) is 0 Å². The van der Waals surface area contributed by atoms with Crippen LogP contribution in [0.3, 0.4) is 0 Å². The smallest absolute Gasteiger partial charge is 0.338 e. The van der Waals surface area contributed by atoms with Crippen LogP contribution < -0.4 is 4.74 Å². The lowest BCUT2D eigenvalue weighted by molar-refractivity contribution is -0.132. The molecule has 1 amide bonds. The summed E-state index contributed by atoms with van der Waals surface area (Å²) in [5, 5.41) is 13.7. The molecule has 1 fully saturated rings. The number of carboxylic acids is 1. The van der Waals surface area contributed by atoms with E-state index in [1.165, 1.54) is 6.20 Å². The number of piperidine rings is 1. The van der Waals surface area contributed by atoms with Crippen molar-refractivity contribution in [1.29, 1.82) is 0 Å². The van der Waals surface area contributed by atoms with E-state index < -0.39 is 5.97 Å². The third kappa shape index (κ3) is 5.01. The van der Waals surface area contributed by atoms with Crippen LogP contribution in [0.15, 0.2) is 36.7 Å². The largest absolute Gasteiger partial charge is 0.492 e. The molecule has 27 heavy (non-hydrogen) atoms. The molecule has 1 saturated heterocycles. The van der Waals surface area contributed by atoms with E-state index in [-0.39, 0.29) is 17.5 Å². The lowest BCUT2D eigenvalue weighted by Gasteiger charge is -2.32. The van der Waals surface area contributed by atoms with Crippen molar-refractivity contribution in [2.45, 2.75) is 31.7 Å². The van der Waals surface area contributed by atoms with Crippen molar-refractivity contribution in [2.75, 3.05) is 19.7 Å². The fourth-order valence-corrected chi connectivity index (χ4v) is 3.34. The molecule has 7 nitrogen and oxygen atoms in total. The Morgan fingerprint density at radius 2 is 2.00 bits per heavy atom. The van der Waals surface area contributed by atoms with Gasteiger partial charge in [-0.15, -0.1) is 0 Å². The van der Waals surface area contributed by atoms with Gasteiger partial charge in [0.05, 0.1) is 29.4 Å². The molecule has 1 N–H and O–H groups in total. The number of para-hydroxylation sites is 1. The topological polar surface area (TPSA) is 84.7 Å². The number of benzene rings is 1. The van der Waals surface area contributed by atoms with E-state index in [9.17, 15) is 9.59 Å². The molecule has 1 aliphatic rings. The lowest BCUT2D eigenvalue weighted by atomic mass is 10.0. The fourth-order valence-electron chi connectivity index (χ4n) is 3.15. The molecule has 0 atom stereocenters. The summed E-state index contributed by atoms with van der Waals surface area (Å²) >= 11 is 6.03.